The van der Waals surface area contributed by atoms with Gasteiger partial charge in [-0.25, -0.2) is 0 Å². The summed E-state index contributed by atoms with van der Waals surface area (Å²) in [6.45, 7) is 10.5. The first-order valence-electron chi connectivity index (χ1n) is 11.9. The van der Waals surface area contributed by atoms with Crippen molar-refractivity contribution in [1.82, 2.24) is 0 Å². The van der Waals surface area contributed by atoms with E-state index in [4.69, 9.17) is 0 Å². The van der Waals surface area contributed by atoms with E-state index in [0.29, 0.717) is 6.04 Å². The summed E-state index contributed by atoms with van der Waals surface area (Å²) in [6, 6.07) is 11.6. The average Bonchev–Trinajstić information content (AvgIpc) is 2.71. The zero-order chi connectivity index (χ0) is 19.2. The van der Waals surface area contributed by atoms with Crippen LogP contribution in [-0.4, -0.2) is 24.1 Å². The Morgan fingerprint density at radius 1 is 0.821 bits per heavy atom. The Balaban J connectivity index is 0.00000392. The van der Waals surface area contributed by atoms with Gasteiger partial charge in [-0.1, -0.05) is 95.2 Å². The first-order chi connectivity index (χ1) is 13.3. The number of hydrogen-bond acceptors (Lipinski definition) is 0. The SMILES string of the molecule is C=CC(c1ccccc1)[N+]1(CCCCCCCCCCCC)CCCCC1.[Cl-]. The second kappa shape index (κ2) is 15.1. The molecule has 28 heavy (non-hydrogen) atoms. The van der Waals surface area contributed by atoms with E-state index in [1.807, 2.05) is 0 Å². The molecule has 0 N–H and O–H groups in total. The van der Waals surface area contributed by atoms with Gasteiger partial charge < -0.3 is 16.9 Å². The summed E-state index contributed by atoms with van der Waals surface area (Å²) in [5.74, 6) is 0. The molecule has 0 saturated carbocycles. The molecule has 1 nitrogen and oxygen atoms in total. The first kappa shape index (κ1) is 25.2. The number of quaternary nitrogens is 1. The van der Waals surface area contributed by atoms with Crippen molar-refractivity contribution in [3.05, 3.63) is 48.6 Å². The molecule has 1 aliphatic rings. The molecule has 1 unspecified atom stereocenters. The molecular formula is C26H44ClN. The molecule has 0 aromatic heterocycles. The summed E-state index contributed by atoms with van der Waals surface area (Å²) in [4.78, 5) is 0. The van der Waals surface area contributed by atoms with E-state index < -0.39 is 0 Å². The van der Waals surface area contributed by atoms with Crippen molar-refractivity contribution in [2.45, 2.75) is 96.4 Å². The van der Waals surface area contributed by atoms with Gasteiger partial charge in [-0.2, -0.15) is 0 Å². The van der Waals surface area contributed by atoms with E-state index in [-0.39, 0.29) is 12.4 Å². The molecule has 1 heterocycles. The molecule has 1 saturated heterocycles. The summed E-state index contributed by atoms with van der Waals surface area (Å²) in [6.07, 6.45) is 20.6. The molecule has 0 spiro atoms. The lowest BCUT2D eigenvalue weighted by molar-refractivity contribution is -0.955. The Kier molecular flexibility index (Phi) is 13.6. The molecule has 1 aromatic rings. The van der Waals surface area contributed by atoms with Crippen LogP contribution in [0.1, 0.15) is 102 Å². The highest BCUT2D eigenvalue weighted by Gasteiger charge is 2.36. The van der Waals surface area contributed by atoms with Gasteiger partial charge in [0.2, 0.25) is 0 Å². The van der Waals surface area contributed by atoms with Gasteiger partial charge in [-0.3, -0.25) is 0 Å². The Bertz CT molecular complexity index is 492. The second-order valence-electron chi connectivity index (χ2n) is 8.72. The molecule has 1 aliphatic heterocycles. The molecule has 0 amide bonds. The van der Waals surface area contributed by atoms with Crippen LogP contribution in [0.15, 0.2) is 43.0 Å². The lowest BCUT2D eigenvalue weighted by Crippen LogP contribution is -3.00. The highest BCUT2D eigenvalue weighted by atomic mass is 35.5. The third kappa shape index (κ3) is 8.29. The molecular weight excluding hydrogens is 362 g/mol. The van der Waals surface area contributed by atoms with E-state index in [1.165, 1.54) is 113 Å². The van der Waals surface area contributed by atoms with Crippen molar-refractivity contribution in [1.29, 1.82) is 0 Å². The van der Waals surface area contributed by atoms with Crippen LogP contribution in [0.4, 0.5) is 0 Å². The van der Waals surface area contributed by atoms with E-state index in [1.54, 1.807) is 0 Å². The maximum absolute atomic E-state index is 4.24. The Morgan fingerprint density at radius 2 is 1.36 bits per heavy atom. The normalized spacial score (nSPS) is 16.9. The van der Waals surface area contributed by atoms with Gasteiger partial charge in [0.25, 0.3) is 0 Å². The summed E-state index contributed by atoms with van der Waals surface area (Å²) < 4.78 is 1.25. The van der Waals surface area contributed by atoms with Crippen LogP contribution in [0, 0.1) is 0 Å². The highest BCUT2D eigenvalue weighted by molar-refractivity contribution is 5.20. The zero-order valence-electron chi connectivity index (χ0n) is 18.4. The monoisotopic (exact) mass is 405 g/mol. The predicted octanol–water partition coefficient (Wildman–Crippen LogP) is 4.84. The lowest BCUT2D eigenvalue weighted by atomic mass is 9.96. The van der Waals surface area contributed by atoms with Gasteiger partial charge in [0, 0.05) is 5.56 Å². The first-order valence-corrected chi connectivity index (χ1v) is 11.9. The molecule has 2 heteroatoms. The van der Waals surface area contributed by atoms with Crippen LogP contribution in [0.5, 0.6) is 0 Å². The van der Waals surface area contributed by atoms with Crippen molar-refractivity contribution in [3.8, 4) is 0 Å². The molecule has 1 fully saturated rings. The molecule has 1 atom stereocenters. The molecule has 0 bridgehead atoms. The van der Waals surface area contributed by atoms with E-state index in [2.05, 4.69) is 49.9 Å². The third-order valence-electron chi connectivity index (χ3n) is 6.62. The Morgan fingerprint density at radius 3 is 1.89 bits per heavy atom. The van der Waals surface area contributed by atoms with Crippen LogP contribution in [0.2, 0.25) is 0 Å². The van der Waals surface area contributed by atoms with Crippen molar-refractivity contribution < 1.29 is 16.9 Å². The number of unbranched alkanes of at least 4 members (excludes halogenated alkanes) is 9. The number of nitrogens with zero attached hydrogens (tertiary/aromatic N) is 1. The lowest BCUT2D eigenvalue weighted by Gasteiger charge is -2.46. The van der Waals surface area contributed by atoms with Gasteiger partial charge >= 0.3 is 0 Å². The smallest absolute Gasteiger partial charge is 0.133 e. The number of benzene rings is 1. The van der Waals surface area contributed by atoms with Gasteiger partial charge in [0.15, 0.2) is 0 Å². The van der Waals surface area contributed by atoms with Crippen LogP contribution >= 0.6 is 0 Å². The average molecular weight is 406 g/mol. The summed E-state index contributed by atoms with van der Waals surface area (Å²) in [5, 5.41) is 0. The fourth-order valence-corrected chi connectivity index (χ4v) is 5.02. The van der Waals surface area contributed by atoms with Crippen molar-refractivity contribution >= 4 is 0 Å². The van der Waals surface area contributed by atoms with Crippen LogP contribution in [0.25, 0.3) is 0 Å². The standard InChI is InChI=1S/C26H44N.ClH/c1-3-5-6-7-8-9-10-11-12-17-22-27(23-18-14-19-24-27)26(4-2)25-20-15-13-16-21-25;/h4,13,15-16,20-21,26H,2-3,5-12,14,17-19,22-24H2,1H3;1H/q+1;/p-1. The number of rotatable bonds is 14. The number of halogens is 1. The van der Waals surface area contributed by atoms with Crippen molar-refractivity contribution in [2.24, 2.45) is 0 Å². The Labute approximate surface area is 181 Å². The van der Waals surface area contributed by atoms with Gasteiger partial charge in [-0.15, -0.1) is 0 Å². The van der Waals surface area contributed by atoms with Gasteiger partial charge in [-0.05, 0) is 38.2 Å². The van der Waals surface area contributed by atoms with Crippen LogP contribution in [-0.2, 0) is 0 Å². The van der Waals surface area contributed by atoms with E-state index in [0.717, 1.165) is 0 Å². The van der Waals surface area contributed by atoms with Crippen LogP contribution < -0.4 is 12.4 Å². The molecule has 2 rings (SSSR count). The minimum Gasteiger partial charge on any atom is -1.00 e. The number of hydrogen-bond donors (Lipinski definition) is 0. The third-order valence-corrected chi connectivity index (χ3v) is 6.62. The second-order valence-corrected chi connectivity index (χ2v) is 8.72. The topological polar surface area (TPSA) is 0 Å². The summed E-state index contributed by atoms with van der Waals surface area (Å²) in [7, 11) is 0. The van der Waals surface area contributed by atoms with E-state index >= 15 is 0 Å². The van der Waals surface area contributed by atoms with Crippen molar-refractivity contribution in [2.75, 3.05) is 19.6 Å². The zero-order valence-corrected chi connectivity index (χ0v) is 19.1. The van der Waals surface area contributed by atoms with Crippen LogP contribution in [0.3, 0.4) is 0 Å². The molecule has 0 radical (unpaired) electrons. The quantitative estimate of drug-likeness (QED) is 0.236. The maximum atomic E-state index is 4.24. The van der Waals surface area contributed by atoms with Crippen molar-refractivity contribution in [3.63, 3.8) is 0 Å². The van der Waals surface area contributed by atoms with Gasteiger partial charge in [0.05, 0.1) is 19.6 Å². The minimum absolute atomic E-state index is 0. The number of piperidine rings is 1. The van der Waals surface area contributed by atoms with E-state index in [9.17, 15) is 0 Å². The fourth-order valence-electron chi connectivity index (χ4n) is 5.02. The highest BCUT2D eigenvalue weighted by Crippen LogP contribution is 2.34. The minimum atomic E-state index is 0. The maximum Gasteiger partial charge on any atom is 0.133 e. The summed E-state index contributed by atoms with van der Waals surface area (Å²) in [5.41, 5.74) is 1.46. The molecule has 1 aromatic carbocycles. The number of likely N-dealkylation sites (tertiary alicyclic amines) is 1. The fraction of sp³-hybridized carbons (Fsp3) is 0.692. The molecule has 0 aliphatic carbocycles. The molecule has 160 valence electrons. The largest absolute Gasteiger partial charge is 1.00 e. The summed E-state index contributed by atoms with van der Waals surface area (Å²) >= 11 is 0. The van der Waals surface area contributed by atoms with Gasteiger partial charge in [0.1, 0.15) is 6.04 Å². The Hall–Kier alpha value is -0.790. The predicted molar refractivity (Wildman–Crippen MR) is 120 cm³/mol.